The second-order valence-corrected chi connectivity index (χ2v) is 8.29. The number of carbonyl (C=O) groups excluding carboxylic acids is 3. The van der Waals surface area contributed by atoms with Gasteiger partial charge in [-0.05, 0) is 36.3 Å². The summed E-state index contributed by atoms with van der Waals surface area (Å²) in [6.07, 6.45) is 5.16. The van der Waals surface area contributed by atoms with Gasteiger partial charge in [-0.15, -0.1) is 0 Å². The zero-order valence-electron chi connectivity index (χ0n) is 15.6. The molecule has 0 bridgehead atoms. The fourth-order valence-corrected chi connectivity index (χ4v) is 4.07. The lowest BCUT2D eigenvalue weighted by molar-refractivity contribution is -0.124. The molecule has 3 rings (SSSR count). The Kier molecular flexibility index (Phi) is 7.56. The van der Waals surface area contributed by atoms with E-state index in [9.17, 15) is 14.4 Å². The molecule has 0 aliphatic carbocycles. The number of aromatic nitrogens is 1. The van der Waals surface area contributed by atoms with Crippen molar-refractivity contribution in [3.8, 4) is 0 Å². The standard InChI is InChI=1S/C20H17ClN4O3S2/c21-15-7-2-1-5-13(15)11-16-19(28)25(20(29)30-16)10-4-8-17(26)23-24-18(27)14-6-3-9-22-12-14/h1-3,5-7,9,11-12H,4,8,10H2,(H,23,26)(H,24,27)/b16-11-. The number of nitrogens with zero attached hydrogens (tertiary/aromatic N) is 2. The maximum atomic E-state index is 12.6. The van der Waals surface area contributed by atoms with Crippen LogP contribution in [0, 0.1) is 0 Å². The Bertz CT molecular complexity index is 1010. The quantitative estimate of drug-likeness (QED) is 0.391. The highest BCUT2D eigenvalue weighted by Gasteiger charge is 2.31. The molecule has 3 amide bonds. The van der Waals surface area contributed by atoms with Gasteiger partial charge in [0.25, 0.3) is 11.8 Å². The van der Waals surface area contributed by atoms with Crippen molar-refractivity contribution in [2.75, 3.05) is 6.54 Å². The average Bonchev–Trinajstić information content (AvgIpc) is 3.01. The van der Waals surface area contributed by atoms with E-state index in [0.717, 1.165) is 5.56 Å². The van der Waals surface area contributed by atoms with Crippen LogP contribution in [0.3, 0.4) is 0 Å². The van der Waals surface area contributed by atoms with Crippen LogP contribution in [0.4, 0.5) is 0 Å². The molecule has 1 aliphatic heterocycles. The van der Waals surface area contributed by atoms with Crippen LogP contribution in [0.2, 0.25) is 5.02 Å². The minimum Gasteiger partial charge on any atom is -0.293 e. The molecule has 0 spiro atoms. The Morgan fingerprint density at radius 3 is 2.73 bits per heavy atom. The van der Waals surface area contributed by atoms with Crippen LogP contribution in [0.1, 0.15) is 28.8 Å². The van der Waals surface area contributed by atoms with Crippen LogP contribution in [-0.4, -0.2) is 38.5 Å². The summed E-state index contributed by atoms with van der Waals surface area (Å²) in [7, 11) is 0. The molecule has 30 heavy (non-hydrogen) atoms. The molecule has 7 nitrogen and oxygen atoms in total. The number of hydrazine groups is 1. The van der Waals surface area contributed by atoms with Crippen LogP contribution < -0.4 is 10.9 Å². The lowest BCUT2D eigenvalue weighted by Crippen LogP contribution is -2.42. The van der Waals surface area contributed by atoms with Gasteiger partial charge in [-0.3, -0.25) is 35.1 Å². The fraction of sp³-hybridized carbons (Fsp3) is 0.150. The van der Waals surface area contributed by atoms with Crippen LogP contribution in [0.25, 0.3) is 6.08 Å². The normalized spacial score (nSPS) is 14.8. The van der Waals surface area contributed by atoms with Gasteiger partial charge in [-0.1, -0.05) is 53.8 Å². The van der Waals surface area contributed by atoms with Crippen LogP contribution >= 0.6 is 35.6 Å². The van der Waals surface area contributed by atoms with E-state index in [2.05, 4.69) is 15.8 Å². The number of carbonyl (C=O) groups is 3. The Hall–Kier alpha value is -2.75. The first-order chi connectivity index (χ1) is 14.5. The number of hydrogen-bond acceptors (Lipinski definition) is 6. The molecular formula is C20H17ClN4O3S2. The van der Waals surface area contributed by atoms with Gasteiger partial charge in [0.05, 0.1) is 10.5 Å². The predicted molar refractivity (Wildman–Crippen MR) is 120 cm³/mol. The number of halogens is 1. The third-order valence-corrected chi connectivity index (χ3v) is 5.81. The van der Waals surface area contributed by atoms with E-state index < -0.39 is 5.91 Å². The molecule has 1 saturated heterocycles. The Balaban J connectivity index is 1.47. The van der Waals surface area contributed by atoms with Gasteiger partial charge in [0.1, 0.15) is 4.32 Å². The highest BCUT2D eigenvalue weighted by molar-refractivity contribution is 8.26. The Labute approximate surface area is 187 Å². The van der Waals surface area contributed by atoms with Crippen molar-refractivity contribution in [3.63, 3.8) is 0 Å². The van der Waals surface area contributed by atoms with Crippen molar-refractivity contribution < 1.29 is 14.4 Å². The second-order valence-electron chi connectivity index (χ2n) is 6.20. The van der Waals surface area contributed by atoms with Gasteiger partial charge >= 0.3 is 0 Å². The van der Waals surface area contributed by atoms with Gasteiger partial charge < -0.3 is 0 Å². The van der Waals surface area contributed by atoms with Crippen LogP contribution in [-0.2, 0) is 9.59 Å². The van der Waals surface area contributed by atoms with Crippen molar-refractivity contribution in [1.29, 1.82) is 0 Å². The van der Waals surface area contributed by atoms with Crippen molar-refractivity contribution in [2.45, 2.75) is 12.8 Å². The molecule has 1 fully saturated rings. The maximum absolute atomic E-state index is 12.6. The average molecular weight is 461 g/mol. The summed E-state index contributed by atoms with van der Waals surface area (Å²) in [5, 5.41) is 0.549. The zero-order valence-corrected chi connectivity index (χ0v) is 18.0. The van der Waals surface area contributed by atoms with E-state index in [4.69, 9.17) is 23.8 Å². The number of hydrogen-bond donors (Lipinski definition) is 2. The lowest BCUT2D eigenvalue weighted by Gasteiger charge is -2.14. The topological polar surface area (TPSA) is 91.4 Å². The first-order valence-corrected chi connectivity index (χ1v) is 10.5. The third-order valence-electron chi connectivity index (χ3n) is 4.09. The smallest absolute Gasteiger partial charge is 0.271 e. The summed E-state index contributed by atoms with van der Waals surface area (Å²) >= 11 is 12.6. The zero-order chi connectivity index (χ0) is 21.5. The summed E-state index contributed by atoms with van der Waals surface area (Å²) < 4.78 is 0.434. The molecule has 154 valence electrons. The summed E-state index contributed by atoms with van der Waals surface area (Å²) in [6, 6.07) is 10.4. The third kappa shape index (κ3) is 5.65. The second kappa shape index (κ2) is 10.3. The van der Waals surface area contributed by atoms with Crippen LogP contribution in [0.5, 0.6) is 0 Å². The van der Waals surface area contributed by atoms with Crippen molar-refractivity contribution >= 4 is 63.7 Å². The van der Waals surface area contributed by atoms with Gasteiger partial charge in [-0.25, -0.2) is 0 Å². The van der Waals surface area contributed by atoms with Crippen molar-refractivity contribution in [3.05, 3.63) is 69.8 Å². The SMILES string of the molecule is O=C(CCCN1C(=O)/C(=C/c2ccccc2Cl)SC1=S)NNC(=O)c1cccnc1. The Morgan fingerprint density at radius 1 is 1.20 bits per heavy atom. The monoisotopic (exact) mass is 460 g/mol. The predicted octanol–water partition coefficient (Wildman–Crippen LogP) is 3.18. The molecule has 0 radical (unpaired) electrons. The fourth-order valence-electron chi connectivity index (χ4n) is 2.58. The van der Waals surface area contributed by atoms with Gasteiger partial charge in [0.2, 0.25) is 5.91 Å². The number of pyridine rings is 1. The number of thiocarbonyl (C=S) groups is 1. The molecule has 1 aromatic carbocycles. The van der Waals surface area contributed by atoms with E-state index in [1.165, 1.54) is 22.9 Å². The van der Waals surface area contributed by atoms with Crippen molar-refractivity contribution in [2.24, 2.45) is 0 Å². The summed E-state index contributed by atoms with van der Waals surface area (Å²) in [4.78, 5) is 42.2. The lowest BCUT2D eigenvalue weighted by atomic mass is 10.2. The molecule has 2 heterocycles. The van der Waals surface area contributed by atoms with E-state index in [1.54, 1.807) is 30.5 Å². The van der Waals surface area contributed by atoms with E-state index in [-0.39, 0.29) is 18.2 Å². The van der Waals surface area contributed by atoms with E-state index in [1.807, 2.05) is 18.2 Å². The highest BCUT2D eigenvalue weighted by atomic mass is 35.5. The largest absolute Gasteiger partial charge is 0.293 e. The number of amides is 3. The molecule has 2 N–H and O–H groups in total. The maximum Gasteiger partial charge on any atom is 0.271 e. The first-order valence-electron chi connectivity index (χ1n) is 8.95. The molecule has 1 aliphatic rings. The Morgan fingerprint density at radius 2 is 2.00 bits per heavy atom. The highest BCUT2D eigenvalue weighted by Crippen LogP contribution is 2.33. The minimum absolute atomic E-state index is 0.119. The van der Waals surface area contributed by atoms with Crippen molar-refractivity contribution in [1.82, 2.24) is 20.7 Å². The number of rotatable bonds is 6. The number of benzene rings is 1. The van der Waals surface area contributed by atoms with E-state index in [0.29, 0.717) is 32.8 Å². The molecule has 1 aromatic heterocycles. The first kappa shape index (κ1) is 21.9. The van der Waals surface area contributed by atoms with Crippen LogP contribution in [0.15, 0.2) is 53.7 Å². The number of nitrogens with one attached hydrogen (secondary N) is 2. The summed E-state index contributed by atoms with van der Waals surface area (Å²) in [6.45, 7) is 0.300. The molecule has 0 saturated carbocycles. The molecule has 10 heteroatoms. The minimum atomic E-state index is -0.460. The van der Waals surface area contributed by atoms with Gasteiger partial charge in [0.15, 0.2) is 0 Å². The van der Waals surface area contributed by atoms with Gasteiger partial charge in [-0.2, -0.15) is 0 Å². The number of thioether (sulfide) groups is 1. The molecular weight excluding hydrogens is 444 g/mol. The molecule has 0 atom stereocenters. The van der Waals surface area contributed by atoms with Gasteiger partial charge in [0, 0.05) is 30.4 Å². The molecule has 2 aromatic rings. The summed E-state index contributed by atoms with van der Waals surface area (Å²) in [5.74, 6) is -1.04. The molecule has 0 unspecified atom stereocenters. The summed E-state index contributed by atoms with van der Waals surface area (Å²) in [5.41, 5.74) is 5.74. The van der Waals surface area contributed by atoms with E-state index >= 15 is 0 Å².